The lowest BCUT2D eigenvalue weighted by Crippen LogP contribution is -2.54. The van der Waals surface area contributed by atoms with Crippen LogP contribution in [-0.2, 0) is 10.3 Å². The maximum atomic E-state index is 12.4. The van der Waals surface area contributed by atoms with Crippen molar-refractivity contribution in [3.8, 4) is 0 Å². The molecular formula is C14H21N3O3S. The Hall–Kier alpha value is -1.63. The monoisotopic (exact) mass is 311 g/mol. The summed E-state index contributed by atoms with van der Waals surface area (Å²) < 4.78 is 0. The van der Waals surface area contributed by atoms with E-state index in [1.807, 2.05) is 19.2 Å². The number of hydrogen-bond donors (Lipinski definition) is 2. The zero-order chi connectivity index (χ0) is 15.7. The fourth-order valence-corrected chi connectivity index (χ4v) is 3.24. The van der Waals surface area contributed by atoms with Crippen molar-refractivity contribution in [3.05, 3.63) is 16.6 Å². The van der Waals surface area contributed by atoms with Crippen LogP contribution < -0.4 is 5.32 Å². The van der Waals surface area contributed by atoms with Gasteiger partial charge in [0, 0.05) is 24.7 Å². The standard InChI is InChI=1S/C14H21N3O3S/c1-13(2,10-15-6-8-21-10)16-12(20)17-7-4-5-14(3,9-17)11(18)19/h6,8H,4-5,7,9H2,1-3H3,(H,16,20)(H,18,19). The zero-order valence-corrected chi connectivity index (χ0v) is 13.4. The van der Waals surface area contributed by atoms with E-state index in [2.05, 4.69) is 10.3 Å². The minimum absolute atomic E-state index is 0.234. The molecule has 0 aliphatic carbocycles. The Balaban J connectivity index is 2.05. The topological polar surface area (TPSA) is 82.5 Å². The Kier molecular flexibility index (Phi) is 4.22. The van der Waals surface area contributed by atoms with Crippen LogP contribution in [0.4, 0.5) is 4.79 Å². The van der Waals surface area contributed by atoms with Crippen molar-refractivity contribution in [2.24, 2.45) is 5.41 Å². The fraction of sp³-hybridized carbons (Fsp3) is 0.643. The molecule has 1 fully saturated rings. The summed E-state index contributed by atoms with van der Waals surface area (Å²) in [5.74, 6) is -0.848. The van der Waals surface area contributed by atoms with Crippen LogP contribution in [0.1, 0.15) is 38.6 Å². The molecule has 0 aromatic carbocycles. The van der Waals surface area contributed by atoms with Gasteiger partial charge >= 0.3 is 12.0 Å². The van der Waals surface area contributed by atoms with E-state index in [4.69, 9.17) is 0 Å². The minimum atomic E-state index is -0.860. The molecule has 6 nitrogen and oxygen atoms in total. The lowest BCUT2D eigenvalue weighted by Gasteiger charge is -2.39. The average Bonchev–Trinajstić information content (AvgIpc) is 2.92. The van der Waals surface area contributed by atoms with Crippen LogP contribution in [0.15, 0.2) is 11.6 Å². The molecule has 2 rings (SSSR count). The Morgan fingerprint density at radius 3 is 2.81 bits per heavy atom. The number of thiazole rings is 1. The van der Waals surface area contributed by atoms with Crippen LogP contribution >= 0.6 is 11.3 Å². The van der Waals surface area contributed by atoms with Gasteiger partial charge in [0.2, 0.25) is 0 Å². The van der Waals surface area contributed by atoms with Gasteiger partial charge in [-0.2, -0.15) is 0 Å². The first-order valence-corrected chi connectivity index (χ1v) is 7.83. The molecule has 0 bridgehead atoms. The molecule has 0 radical (unpaired) electrons. The first-order valence-electron chi connectivity index (χ1n) is 6.95. The van der Waals surface area contributed by atoms with Crippen molar-refractivity contribution in [1.82, 2.24) is 15.2 Å². The van der Waals surface area contributed by atoms with Gasteiger partial charge in [0.15, 0.2) is 0 Å². The van der Waals surface area contributed by atoms with Crippen LogP contribution in [0.25, 0.3) is 0 Å². The maximum Gasteiger partial charge on any atom is 0.318 e. The van der Waals surface area contributed by atoms with E-state index in [1.165, 1.54) is 11.3 Å². The minimum Gasteiger partial charge on any atom is -0.481 e. The highest BCUT2D eigenvalue weighted by molar-refractivity contribution is 7.09. The van der Waals surface area contributed by atoms with E-state index in [0.717, 1.165) is 5.01 Å². The first-order chi connectivity index (χ1) is 9.74. The van der Waals surface area contributed by atoms with E-state index < -0.39 is 16.9 Å². The SMILES string of the molecule is CC1(C(=O)O)CCCN(C(=O)NC(C)(C)c2nccs2)C1. The highest BCUT2D eigenvalue weighted by atomic mass is 32.1. The third-order valence-electron chi connectivity index (χ3n) is 3.89. The number of likely N-dealkylation sites (tertiary alicyclic amines) is 1. The summed E-state index contributed by atoms with van der Waals surface area (Å²) in [4.78, 5) is 29.6. The van der Waals surface area contributed by atoms with Gasteiger partial charge in [0.05, 0.1) is 11.0 Å². The van der Waals surface area contributed by atoms with Crippen molar-refractivity contribution < 1.29 is 14.7 Å². The van der Waals surface area contributed by atoms with Gasteiger partial charge in [0.25, 0.3) is 0 Å². The summed E-state index contributed by atoms with van der Waals surface area (Å²) in [5.41, 5.74) is -1.43. The second-order valence-corrected chi connectivity index (χ2v) is 7.18. The lowest BCUT2D eigenvalue weighted by atomic mass is 9.82. The molecule has 1 atom stereocenters. The number of carbonyl (C=O) groups excluding carboxylic acids is 1. The molecule has 1 aliphatic rings. The number of urea groups is 1. The molecule has 1 aromatic heterocycles. The van der Waals surface area contributed by atoms with E-state index in [9.17, 15) is 14.7 Å². The summed E-state index contributed by atoms with van der Waals surface area (Å²) in [6.45, 7) is 6.31. The summed E-state index contributed by atoms with van der Waals surface area (Å²) in [5, 5.41) is 15.0. The molecule has 1 aliphatic heterocycles. The molecular weight excluding hydrogens is 290 g/mol. The number of aromatic nitrogens is 1. The van der Waals surface area contributed by atoms with Crippen molar-refractivity contribution in [3.63, 3.8) is 0 Å². The third-order valence-corrected chi connectivity index (χ3v) is 4.98. The van der Waals surface area contributed by atoms with Gasteiger partial charge < -0.3 is 15.3 Å². The number of carboxylic acids is 1. The van der Waals surface area contributed by atoms with Crippen LogP contribution in [0.2, 0.25) is 0 Å². The molecule has 0 spiro atoms. The predicted molar refractivity (Wildman–Crippen MR) is 80.2 cm³/mol. The van der Waals surface area contributed by atoms with Gasteiger partial charge in [-0.25, -0.2) is 9.78 Å². The molecule has 1 unspecified atom stereocenters. The number of carbonyl (C=O) groups is 2. The van der Waals surface area contributed by atoms with Crippen LogP contribution in [0.5, 0.6) is 0 Å². The van der Waals surface area contributed by atoms with Crippen LogP contribution in [-0.4, -0.2) is 40.1 Å². The normalized spacial score (nSPS) is 22.9. The van der Waals surface area contributed by atoms with E-state index >= 15 is 0 Å². The van der Waals surface area contributed by atoms with Gasteiger partial charge in [0.1, 0.15) is 5.01 Å². The Bertz CT molecular complexity index is 530. The van der Waals surface area contributed by atoms with Gasteiger partial charge in [-0.05, 0) is 33.6 Å². The van der Waals surface area contributed by atoms with Gasteiger partial charge in [-0.3, -0.25) is 4.79 Å². The fourth-order valence-electron chi connectivity index (χ4n) is 2.52. The number of piperidine rings is 1. The smallest absolute Gasteiger partial charge is 0.318 e. The lowest BCUT2D eigenvalue weighted by molar-refractivity contribution is -0.150. The molecule has 7 heteroatoms. The first kappa shape index (κ1) is 15.8. The number of rotatable bonds is 3. The van der Waals surface area contributed by atoms with Crippen LogP contribution in [0, 0.1) is 5.41 Å². The largest absolute Gasteiger partial charge is 0.481 e. The number of nitrogens with zero attached hydrogens (tertiary/aromatic N) is 2. The molecule has 2 N–H and O–H groups in total. The summed E-state index contributed by atoms with van der Waals surface area (Å²) in [6.07, 6.45) is 3.01. The molecule has 1 aromatic rings. The summed E-state index contributed by atoms with van der Waals surface area (Å²) in [7, 11) is 0. The van der Waals surface area contributed by atoms with E-state index in [-0.39, 0.29) is 12.6 Å². The number of amides is 2. The molecule has 2 heterocycles. The molecule has 0 saturated carbocycles. The Morgan fingerprint density at radius 2 is 2.24 bits per heavy atom. The predicted octanol–water partition coefficient (Wildman–Crippen LogP) is 2.27. The third kappa shape index (κ3) is 3.34. The number of hydrogen-bond acceptors (Lipinski definition) is 4. The Labute approximate surface area is 128 Å². The number of carboxylic acid groups (broad SMARTS) is 1. The molecule has 116 valence electrons. The van der Waals surface area contributed by atoms with Crippen molar-refractivity contribution in [1.29, 1.82) is 0 Å². The molecule has 2 amide bonds. The molecule has 21 heavy (non-hydrogen) atoms. The van der Waals surface area contributed by atoms with Crippen molar-refractivity contribution >= 4 is 23.3 Å². The second kappa shape index (κ2) is 5.63. The summed E-state index contributed by atoms with van der Waals surface area (Å²) in [6, 6.07) is -0.234. The summed E-state index contributed by atoms with van der Waals surface area (Å²) >= 11 is 1.48. The number of aliphatic carboxylic acids is 1. The number of nitrogens with one attached hydrogen (secondary N) is 1. The van der Waals surface area contributed by atoms with E-state index in [1.54, 1.807) is 18.0 Å². The highest BCUT2D eigenvalue weighted by Crippen LogP contribution is 2.30. The second-order valence-electron chi connectivity index (χ2n) is 6.28. The zero-order valence-electron chi connectivity index (χ0n) is 12.5. The van der Waals surface area contributed by atoms with Crippen molar-refractivity contribution in [2.75, 3.05) is 13.1 Å². The van der Waals surface area contributed by atoms with Crippen molar-refractivity contribution in [2.45, 2.75) is 39.2 Å². The highest BCUT2D eigenvalue weighted by Gasteiger charge is 2.40. The average molecular weight is 311 g/mol. The van der Waals surface area contributed by atoms with Gasteiger partial charge in [-0.15, -0.1) is 11.3 Å². The van der Waals surface area contributed by atoms with Crippen LogP contribution in [0.3, 0.4) is 0 Å². The van der Waals surface area contributed by atoms with E-state index in [0.29, 0.717) is 19.4 Å². The molecule has 1 saturated heterocycles. The van der Waals surface area contributed by atoms with Gasteiger partial charge in [-0.1, -0.05) is 0 Å². The maximum absolute atomic E-state index is 12.4. The Morgan fingerprint density at radius 1 is 1.52 bits per heavy atom. The quantitative estimate of drug-likeness (QED) is 0.897.